The Morgan fingerprint density at radius 1 is 1.50 bits per heavy atom. The van der Waals surface area contributed by atoms with Crippen LogP contribution >= 0.6 is 27.7 Å². The molecular formula is C12H16BrNO3S. The molecule has 1 unspecified atom stereocenters. The van der Waals surface area contributed by atoms with Gasteiger partial charge in [0.25, 0.3) is 0 Å². The standard InChI is InChI=1S/C12H16BrNO3S/c1-16-9-3-4-10(13)8(5-9)6-18-7-11(14)12(15)17-2/h3-5,11H,6-7,14H2,1-2H3. The SMILES string of the molecule is COC(=O)C(N)CSCc1cc(OC)ccc1Br. The zero-order valence-corrected chi connectivity index (χ0v) is 12.7. The average Bonchev–Trinajstić information content (AvgIpc) is 2.39. The number of carbonyl (C=O) groups excluding carboxylic acids is 1. The topological polar surface area (TPSA) is 61.5 Å². The third kappa shape index (κ3) is 4.51. The molecule has 18 heavy (non-hydrogen) atoms. The average molecular weight is 334 g/mol. The Bertz CT molecular complexity index is 414. The molecule has 4 nitrogen and oxygen atoms in total. The van der Waals surface area contributed by atoms with E-state index in [4.69, 9.17) is 10.5 Å². The summed E-state index contributed by atoms with van der Waals surface area (Å²) >= 11 is 5.06. The number of hydrogen-bond acceptors (Lipinski definition) is 5. The van der Waals surface area contributed by atoms with Gasteiger partial charge in [0.05, 0.1) is 14.2 Å². The fourth-order valence-electron chi connectivity index (χ4n) is 1.30. The fourth-order valence-corrected chi connectivity index (χ4v) is 2.84. The van der Waals surface area contributed by atoms with E-state index in [0.29, 0.717) is 5.75 Å². The van der Waals surface area contributed by atoms with Crippen molar-refractivity contribution in [3.8, 4) is 5.75 Å². The van der Waals surface area contributed by atoms with Crippen molar-refractivity contribution in [2.75, 3.05) is 20.0 Å². The minimum Gasteiger partial charge on any atom is -0.497 e. The predicted molar refractivity (Wildman–Crippen MR) is 76.8 cm³/mol. The number of nitrogens with two attached hydrogens (primary N) is 1. The van der Waals surface area contributed by atoms with E-state index in [-0.39, 0.29) is 5.97 Å². The highest BCUT2D eigenvalue weighted by Crippen LogP contribution is 2.26. The van der Waals surface area contributed by atoms with Gasteiger partial charge in [0, 0.05) is 16.0 Å². The first-order valence-corrected chi connectivity index (χ1v) is 7.26. The number of benzene rings is 1. The van der Waals surface area contributed by atoms with Crippen molar-refractivity contribution in [2.45, 2.75) is 11.8 Å². The quantitative estimate of drug-likeness (QED) is 0.808. The van der Waals surface area contributed by atoms with E-state index in [1.807, 2.05) is 18.2 Å². The van der Waals surface area contributed by atoms with Crippen LogP contribution in [0.3, 0.4) is 0 Å². The second-order valence-corrected chi connectivity index (χ2v) is 5.49. The molecule has 1 rings (SSSR count). The van der Waals surface area contributed by atoms with Crippen molar-refractivity contribution in [1.29, 1.82) is 0 Å². The maximum absolute atomic E-state index is 11.1. The molecule has 0 amide bonds. The molecule has 0 fully saturated rings. The Kier molecular flexibility index (Phi) is 6.52. The van der Waals surface area contributed by atoms with E-state index in [1.165, 1.54) is 7.11 Å². The lowest BCUT2D eigenvalue weighted by atomic mass is 10.2. The summed E-state index contributed by atoms with van der Waals surface area (Å²) in [5, 5.41) is 0. The molecule has 0 bridgehead atoms. The molecule has 1 aromatic rings. The Hall–Kier alpha value is -0.720. The second-order valence-electron chi connectivity index (χ2n) is 3.60. The normalized spacial score (nSPS) is 12.0. The van der Waals surface area contributed by atoms with Gasteiger partial charge in [-0.25, -0.2) is 0 Å². The van der Waals surface area contributed by atoms with Gasteiger partial charge >= 0.3 is 5.97 Å². The van der Waals surface area contributed by atoms with Crippen LogP contribution in [0.5, 0.6) is 5.75 Å². The molecule has 2 N–H and O–H groups in total. The summed E-state index contributed by atoms with van der Waals surface area (Å²) in [6, 6.07) is 5.21. The predicted octanol–water partition coefficient (Wildman–Crippen LogP) is 2.19. The lowest BCUT2D eigenvalue weighted by Gasteiger charge is -2.10. The molecule has 6 heteroatoms. The third-order valence-electron chi connectivity index (χ3n) is 2.31. The summed E-state index contributed by atoms with van der Waals surface area (Å²) in [7, 11) is 2.97. The minimum atomic E-state index is -0.579. The van der Waals surface area contributed by atoms with Crippen LogP contribution in [0.4, 0.5) is 0 Å². The Morgan fingerprint density at radius 3 is 2.83 bits per heavy atom. The molecular weight excluding hydrogens is 318 g/mol. The minimum absolute atomic E-state index is 0.382. The summed E-state index contributed by atoms with van der Waals surface area (Å²) in [5.41, 5.74) is 6.76. The zero-order chi connectivity index (χ0) is 13.5. The number of rotatable bonds is 6. The van der Waals surface area contributed by atoms with Crippen LogP contribution < -0.4 is 10.5 Å². The molecule has 0 heterocycles. The van der Waals surface area contributed by atoms with Crippen LogP contribution in [-0.2, 0) is 15.3 Å². The summed E-state index contributed by atoms with van der Waals surface area (Å²) in [6.07, 6.45) is 0. The van der Waals surface area contributed by atoms with Gasteiger partial charge in [-0.15, -0.1) is 0 Å². The molecule has 0 radical (unpaired) electrons. The van der Waals surface area contributed by atoms with Gasteiger partial charge in [0.1, 0.15) is 11.8 Å². The summed E-state index contributed by atoms with van der Waals surface area (Å²) in [6.45, 7) is 0. The van der Waals surface area contributed by atoms with Gasteiger partial charge in [-0.1, -0.05) is 15.9 Å². The number of ether oxygens (including phenoxy) is 2. The Balaban J connectivity index is 2.50. The van der Waals surface area contributed by atoms with Crippen molar-refractivity contribution in [3.05, 3.63) is 28.2 Å². The Morgan fingerprint density at radius 2 is 2.22 bits per heavy atom. The van der Waals surface area contributed by atoms with E-state index in [1.54, 1.807) is 18.9 Å². The van der Waals surface area contributed by atoms with Gasteiger partial charge in [-0.05, 0) is 23.8 Å². The van der Waals surface area contributed by atoms with Crippen molar-refractivity contribution in [3.63, 3.8) is 0 Å². The largest absolute Gasteiger partial charge is 0.497 e. The number of methoxy groups -OCH3 is 2. The molecule has 0 aliphatic carbocycles. The first kappa shape index (κ1) is 15.3. The molecule has 0 spiro atoms. The summed E-state index contributed by atoms with van der Waals surface area (Å²) in [4.78, 5) is 11.1. The Labute approximate surface area is 119 Å². The number of esters is 1. The van der Waals surface area contributed by atoms with Crippen molar-refractivity contribution < 1.29 is 14.3 Å². The molecule has 0 aliphatic heterocycles. The maximum atomic E-state index is 11.1. The summed E-state index contributed by atoms with van der Waals surface area (Å²) < 4.78 is 10.7. The molecule has 1 atom stereocenters. The van der Waals surface area contributed by atoms with Gasteiger partial charge in [-0.3, -0.25) is 4.79 Å². The lowest BCUT2D eigenvalue weighted by molar-refractivity contribution is -0.141. The number of thioether (sulfide) groups is 1. The van der Waals surface area contributed by atoms with Crippen LogP contribution in [0.25, 0.3) is 0 Å². The first-order valence-electron chi connectivity index (χ1n) is 5.32. The fraction of sp³-hybridized carbons (Fsp3) is 0.417. The van der Waals surface area contributed by atoms with E-state index in [0.717, 1.165) is 21.5 Å². The number of carbonyl (C=O) groups is 1. The molecule has 100 valence electrons. The van der Waals surface area contributed by atoms with Gasteiger partial charge < -0.3 is 15.2 Å². The lowest BCUT2D eigenvalue weighted by Crippen LogP contribution is -2.33. The third-order valence-corrected chi connectivity index (χ3v) is 4.20. The highest BCUT2D eigenvalue weighted by molar-refractivity contribution is 9.10. The van der Waals surface area contributed by atoms with Gasteiger partial charge in [0.2, 0.25) is 0 Å². The zero-order valence-electron chi connectivity index (χ0n) is 10.3. The van der Waals surface area contributed by atoms with Crippen molar-refractivity contribution in [2.24, 2.45) is 5.73 Å². The van der Waals surface area contributed by atoms with Gasteiger partial charge in [-0.2, -0.15) is 11.8 Å². The van der Waals surface area contributed by atoms with Crippen molar-refractivity contribution in [1.82, 2.24) is 0 Å². The molecule has 0 saturated heterocycles. The van der Waals surface area contributed by atoms with E-state index >= 15 is 0 Å². The maximum Gasteiger partial charge on any atom is 0.323 e. The van der Waals surface area contributed by atoms with E-state index in [9.17, 15) is 4.79 Å². The monoisotopic (exact) mass is 333 g/mol. The van der Waals surface area contributed by atoms with E-state index < -0.39 is 6.04 Å². The van der Waals surface area contributed by atoms with Gasteiger partial charge in [0.15, 0.2) is 0 Å². The van der Waals surface area contributed by atoms with E-state index in [2.05, 4.69) is 20.7 Å². The molecule has 0 aliphatic rings. The van der Waals surface area contributed by atoms with Crippen LogP contribution in [0.1, 0.15) is 5.56 Å². The highest BCUT2D eigenvalue weighted by atomic mass is 79.9. The summed E-state index contributed by atoms with van der Waals surface area (Å²) in [5.74, 6) is 1.71. The number of halogens is 1. The molecule has 0 aromatic heterocycles. The molecule has 0 saturated carbocycles. The van der Waals surface area contributed by atoms with Crippen molar-refractivity contribution >= 4 is 33.7 Å². The molecule has 1 aromatic carbocycles. The highest BCUT2D eigenvalue weighted by Gasteiger charge is 2.13. The van der Waals surface area contributed by atoms with Crippen LogP contribution in [0, 0.1) is 0 Å². The van der Waals surface area contributed by atoms with Crippen LogP contribution in [0.15, 0.2) is 22.7 Å². The van der Waals surface area contributed by atoms with Crippen LogP contribution in [-0.4, -0.2) is 32.0 Å². The number of hydrogen-bond donors (Lipinski definition) is 1. The van der Waals surface area contributed by atoms with Crippen LogP contribution in [0.2, 0.25) is 0 Å². The smallest absolute Gasteiger partial charge is 0.323 e. The second kappa shape index (κ2) is 7.66. The first-order chi connectivity index (χ1) is 8.58.